The van der Waals surface area contributed by atoms with Gasteiger partial charge in [-0.1, -0.05) is 81.8 Å². The summed E-state index contributed by atoms with van der Waals surface area (Å²) < 4.78 is 17.5. The molecule has 0 aromatic heterocycles. The van der Waals surface area contributed by atoms with Crippen LogP contribution < -0.4 is 20.7 Å². The van der Waals surface area contributed by atoms with Gasteiger partial charge in [-0.3, -0.25) is 14.4 Å². The van der Waals surface area contributed by atoms with Gasteiger partial charge in [0, 0.05) is 45.9 Å². The number of ether oxygens (including phenoxy) is 3. The topological polar surface area (TPSA) is 135 Å². The van der Waals surface area contributed by atoms with Gasteiger partial charge >= 0.3 is 5.97 Å². The molecule has 2 aromatic rings. The molecule has 278 valence electrons. The largest absolute Gasteiger partial charge is 0.495 e. The first-order valence-electron chi connectivity index (χ1n) is 17.0. The van der Waals surface area contributed by atoms with Crippen LogP contribution in [-0.2, 0) is 56.1 Å². The zero-order chi connectivity index (χ0) is 35.5. The fourth-order valence-electron chi connectivity index (χ4n) is 6.61. The van der Waals surface area contributed by atoms with Gasteiger partial charge in [0.1, 0.15) is 30.0 Å². The molecular weight excluding hydrogens is 842 g/mol. The number of carbonyl (C=O) groups is 4. The molecule has 12 heteroatoms. The molecule has 1 aliphatic carbocycles. The van der Waals surface area contributed by atoms with E-state index in [-0.39, 0.29) is 70.8 Å². The van der Waals surface area contributed by atoms with Crippen molar-refractivity contribution in [3.05, 3.63) is 84.3 Å². The summed E-state index contributed by atoms with van der Waals surface area (Å²) in [6.45, 7) is 9.75. The minimum Gasteiger partial charge on any atom is -0.495 e. The third-order valence-electron chi connectivity index (χ3n) is 9.79. The van der Waals surface area contributed by atoms with E-state index in [1.54, 1.807) is 31.2 Å². The van der Waals surface area contributed by atoms with Crippen molar-refractivity contribution in [1.82, 2.24) is 16.0 Å². The SMILES string of the molecule is COc1ccc(C[C@H]2NC(=O)/C=C/C[C@@H]([C@H](C)[C@H]3O[C@@H]3c3ccccc3)OC(=O)[C@H](CC(C)(C)C)NC(=O)C3(CC3)C(C)NC2=O)cc1Cl.[CH3-].[W]. The van der Waals surface area contributed by atoms with E-state index in [0.29, 0.717) is 30.0 Å². The van der Waals surface area contributed by atoms with Gasteiger partial charge in [-0.2, -0.15) is 0 Å². The molecule has 3 aliphatic rings. The quantitative estimate of drug-likeness (QED) is 0.185. The van der Waals surface area contributed by atoms with Gasteiger partial charge in [0.25, 0.3) is 0 Å². The van der Waals surface area contributed by atoms with Crippen molar-refractivity contribution < 1.29 is 54.5 Å². The molecule has 5 rings (SSSR count). The maximum atomic E-state index is 13.9. The monoisotopic (exact) mass is 892 g/mol. The predicted octanol–water partition coefficient (Wildman–Crippen LogP) is 5.68. The third-order valence-corrected chi connectivity index (χ3v) is 10.1. The van der Waals surface area contributed by atoms with Crippen molar-refractivity contribution in [2.24, 2.45) is 16.7 Å². The molecule has 2 aromatic carbocycles. The average Bonchev–Trinajstić information content (AvgIpc) is 3.97. The number of methoxy groups -OCH3 is 1. The fraction of sp³-hybridized carbons (Fsp3) is 0.513. The number of benzene rings is 2. The number of halogens is 1. The summed E-state index contributed by atoms with van der Waals surface area (Å²) in [5.41, 5.74) is 0.569. The van der Waals surface area contributed by atoms with Crippen LogP contribution >= 0.6 is 11.6 Å². The molecule has 2 aliphatic heterocycles. The number of carbonyl (C=O) groups excluding carboxylic acids is 4. The Hall–Kier alpha value is -3.20. The van der Waals surface area contributed by atoms with E-state index in [4.69, 9.17) is 25.8 Å². The van der Waals surface area contributed by atoms with Gasteiger partial charge < -0.3 is 37.6 Å². The Balaban J connectivity index is 0.00000351. The van der Waals surface area contributed by atoms with Crippen molar-refractivity contribution in [2.75, 3.05) is 7.11 Å². The normalized spacial score (nSPS) is 27.7. The Morgan fingerprint density at radius 3 is 2.29 bits per heavy atom. The zero-order valence-corrected chi connectivity index (χ0v) is 34.2. The number of epoxide rings is 1. The second kappa shape index (κ2) is 17.5. The molecule has 2 heterocycles. The minimum absolute atomic E-state index is 0. The number of nitrogens with one attached hydrogen (secondary N) is 3. The Morgan fingerprint density at radius 1 is 1.00 bits per heavy atom. The number of rotatable bonds is 7. The Labute approximate surface area is 321 Å². The van der Waals surface area contributed by atoms with Crippen LogP contribution in [0.25, 0.3) is 0 Å². The van der Waals surface area contributed by atoms with Crippen LogP contribution in [0.15, 0.2) is 60.7 Å². The molecule has 51 heavy (non-hydrogen) atoms. The molecule has 7 atom stereocenters. The predicted molar refractivity (Wildman–Crippen MR) is 192 cm³/mol. The molecule has 10 nitrogen and oxygen atoms in total. The van der Waals surface area contributed by atoms with Crippen LogP contribution in [0.2, 0.25) is 5.02 Å². The van der Waals surface area contributed by atoms with Crippen molar-refractivity contribution in [2.45, 2.75) is 103 Å². The summed E-state index contributed by atoms with van der Waals surface area (Å²) in [7, 11) is 1.52. The molecule has 1 saturated carbocycles. The molecule has 0 radical (unpaired) electrons. The number of hydrogen-bond acceptors (Lipinski definition) is 7. The van der Waals surface area contributed by atoms with Gasteiger partial charge in [0.2, 0.25) is 17.7 Å². The number of esters is 1. The Bertz CT molecular complexity index is 1580. The van der Waals surface area contributed by atoms with Crippen molar-refractivity contribution in [1.29, 1.82) is 0 Å². The molecule has 0 bridgehead atoms. The third kappa shape index (κ3) is 10.7. The minimum atomic E-state index is -0.955. The Morgan fingerprint density at radius 2 is 1.69 bits per heavy atom. The second-order valence-corrected chi connectivity index (χ2v) is 15.2. The van der Waals surface area contributed by atoms with E-state index in [0.717, 1.165) is 11.1 Å². The molecule has 1 unspecified atom stereocenters. The van der Waals surface area contributed by atoms with E-state index < -0.39 is 47.4 Å². The van der Waals surface area contributed by atoms with E-state index in [9.17, 15) is 19.2 Å². The first kappa shape index (κ1) is 42.2. The summed E-state index contributed by atoms with van der Waals surface area (Å²) in [6.07, 6.45) is 3.88. The van der Waals surface area contributed by atoms with E-state index in [1.807, 2.05) is 58.0 Å². The van der Waals surface area contributed by atoms with Crippen LogP contribution in [0.5, 0.6) is 5.75 Å². The summed E-state index contributed by atoms with van der Waals surface area (Å²) in [4.78, 5) is 54.8. The summed E-state index contributed by atoms with van der Waals surface area (Å²) in [5.74, 6) is -1.47. The summed E-state index contributed by atoms with van der Waals surface area (Å²) in [5, 5.41) is 9.20. The van der Waals surface area contributed by atoms with E-state index >= 15 is 0 Å². The number of hydrogen-bond donors (Lipinski definition) is 3. The van der Waals surface area contributed by atoms with E-state index in [1.165, 1.54) is 13.2 Å². The first-order valence-corrected chi connectivity index (χ1v) is 17.4. The van der Waals surface area contributed by atoms with Crippen molar-refractivity contribution in [3.63, 3.8) is 0 Å². The van der Waals surface area contributed by atoms with Crippen molar-refractivity contribution >= 4 is 35.3 Å². The molecule has 1 saturated heterocycles. The summed E-state index contributed by atoms with van der Waals surface area (Å²) >= 11 is 6.36. The number of amides is 3. The van der Waals surface area contributed by atoms with Gasteiger partial charge in [0.15, 0.2) is 0 Å². The first-order chi connectivity index (χ1) is 23.2. The molecule has 2 fully saturated rings. The molecular formula is C39H51ClN3O7W-. The van der Waals surface area contributed by atoms with Crippen molar-refractivity contribution in [3.8, 4) is 5.75 Å². The molecule has 3 amide bonds. The van der Waals surface area contributed by atoms with E-state index in [2.05, 4.69) is 16.0 Å². The zero-order valence-electron chi connectivity index (χ0n) is 30.5. The van der Waals surface area contributed by atoms with Gasteiger partial charge in [0.05, 0.1) is 23.7 Å². The van der Waals surface area contributed by atoms with Gasteiger partial charge in [-0.15, -0.1) is 0 Å². The molecule has 1 spiro atoms. The van der Waals surface area contributed by atoms with Crippen LogP contribution in [-0.4, -0.2) is 61.1 Å². The summed E-state index contributed by atoms with van der Waals surface area (Å²) in [6, 6.07) is 12.6. The van der Waals surface area contributed by atoms with Crippen LogP contribution in [0.3, 0.4) is 0 Å². The van der Waals surface area contributed by atoms with Gasteiger partial charge in [-0.25, -0.2) is 4.79 Å². The maximum absolute atomic E-state index is 13.9. The van der Waals surface area contributed by atoms with Crippen LogP contribution in [0, 0.1) is 24.2 Å². The van der Waals surface area contributed by atoms with Crippen LogP contribution in [0.1, 0.15) is 77.5 Å². The Kier molecular flexibility index (Phi) is 14.5. The number of cyclic esters (lactones) is 1. The smallest absolute Gasteiger partial charge is 0.328 e. The van der Waals surface area contributed by atoms with Gasteiger partial charge in [-0.05, 0) is 60.9 Å². The molecule has 3 N–H and O–H groups in total. The average molecular weight is 893 g/mol. The maximum Gasteiger partial charge on any atom is 0.328 e. The van der Waals surface area contributed by atoms with Crippen LogP contribution in [0.4, 0.5) is 0 Å². The standard InChI is InChI=1S/C38H48ClN3O7.CH3.W/c1-22(32-33(49-32)25-11-8-7-9-12-25)29-13-10-14-31(43)41-27(20-24-15-16-30(47-6)26(39)19-24)34(44)40-23(2)38(17-18-38)36(46)42-28(35(45)48-29)21-37(3,4)5;;/h7-12,14-16,19,22-23,27-29,32-33H,13,17-18,20-21H2,1-6H3,(H,40,44)(H,41,43)(H,42,46);1H3;/q;-1;/b14-10+;;/t22-,23?,27+,28-,29-,32+,33+;;/m0../s1. The fourth-order valence-corrected chi connectivity index (χ4v) is 6.89. The second-order valence-electron chi connectivity index (χ2n) is 14.8.